The van der Waals surface area contributed by atoms with Crippen LogP contribution in [-0.2, 0) is 0 Å². The smallest absolute Gasteiger partial charge is 0.168 e. The Hall–Kier alpha value is -1.51. The van der Waals surface area contributed by atoms with Gasteiger partial charge in [-0.3, -0.25) is 4.79 Å². The molecular weight excluding hydrogens is 288 g/mol. The van der Waals surface area contributed by atoms with Crippen molar-refractivity contribution < 1.29 is 15.0 Å². The molecule has 0 aliphatic rings. The van der Waals surface area contributed by atoms with Crippen LogP contribution in [0.2, 0.25) is 0 Å². The number of ketones is 1. The normalized spacial score (nSPS) is 10.8. The quantitative estimate of drug-likeness (QED) is 0.267. The van der Waals surface area contributed by atoms with E-state index in [2.05, 4.69) is 6.92 Å². The number of phenols is 2. The van der Waals surface area contributed by atoms with Gasteiger partial charge in [0.1, 0.15) is 0 Å². The number of aromatic hydroxyl groups is 2. The Kier molecular flexibility index (Phi) is 10.2. The Bertz CT molecular complexity index is 454. The molecule has 0 unspecified atom stereocenters. The summed E-state index contributed by atoms with van der Waals surface area (Å²) in [7, 11) is 0. The topological polar surface area (TPSA) is 57.5 Å². The molecule has 0 bridgehead atoms. The molecule has 130 valence electrons. The van der Waals surface area contributed by atoms with Crippen molar-refractivity contribution in [1.29, 1.82) is 0 Å². The molecule has 0 aliphatic heterocycles. The van der Waals surface area contributed by atoms with E-state index in [-0.39, 0.29) is 22.8 Å². The molecule has 2 N–H and O–H groups in total. The molecule has 0 fully saturated rings. The summed E-state index contributed by atoms with van der Waals surface area (Å²) in [4.78, 5) is 12.0. The summed E-state index contributed by atoms with van der Waals surface area (Å²) in [5.41, 5.74) is 0.233. The van der Waals surface area contributed by atoms with Crippen molar-refractivity contribution in [2.45, 2.75) is 84.0 Å². The fourth-order valence-corrected chi connectivity index (χ4v) is 2.84. The van der Waals surface area contributed by atoms with Gasteiger partial charge in [-0.1, -0.05) is 77.2 Å². The summed E-state index contributed by atoms with van der Waals surface area (Å²) < 4.78 is 0. The number of hydrogen-bond acceptors (Lipinski definition) is 3. The molecule has 23 heavy (non-hydrogen) atoms. The van der Waals surface area contributed by atoms with Crippen molar-refractivity contribution >= 4 is 5.78 Å². The fourth-order valence-electron chi connectivity index (χ4n) is 2.84. The third-order valence-corrected chi connectivity index (χ3v) is 4.32. The third kappa shape index (κ3) is 8.06. The Morgan fingerprint density at radius 1 is 0.826 bits per heavy atom. The van der Waals surface area contributed by atoms with E-state index in [1.165, 1.54) is 63.9 Å². The van der Waals surface area contributed by atoms with Gasteiger partial charge in [0.15, 0.2) is 17.3 Å². The maximum absolute atomic E-state index is 12.0. The highest BCUT2D eigenvalue weighted by molar-refractivity contribution is 5.99. The molecule has 0 aliphatic carbocycles. The second-order valence-corrected chi connectivity index (χ2v) is 6.38. The molecule has 0 saturated carbocycles. The van der Waals surface area contributed by atoms with Crippen molar-refractivity contribution in [3.8, 4) is 11.5 Å². The van der Waals surface area contributed by atoms with Crippen LogP contribution in [0.4, 0.5) is 0 Å². The summed E-state index contributed by atoms with van der Waals surface area (Å²) >= 11 is 0. The second kappa shape index (κ2) is 12.0. The zero-order valence-corrected chi connectivity index (χ0v) is 14.5. The van der Waals surface area contributed by atoms with Crippen LogP contribution in [0.15, 0.2) is 18.2 Å². The predicted octanol–water partition coefficient (Wildman–Crippen LogP) is 5.98. The van der Waals surface area contributed by atoms with E-state index in [0.29, 0.717) is 6.42 Å². The van der Waals surface area contributed by atoms with Gasteiger partial charge in [-0.2, -0.15) is 0 Å². The molecule has 0 radical (unpaired) electrons. The number of unbranched alkanes of at least 4 members (excludes halogenated alkanes) is 10. The zero-order valence-electron chi connectivity index (χ0n) is 14.5. The lowest BCUT2D eigenvalue weighted by atomic mass is 10.0. The van der Waals surface area contributed by atoms with Gasteiger partial charge < -0.3 is 10.2 Å². The Labute approximate surface area is 140 Å². The number of Topliss-reactive ketones (excluding diaryl/α,β-unsaturated/α-hetero) is 1. The Balaban J connectivity index is 2.03. The zero-order chi connectivity index (χ0) is 16.9. The van der Waals surface area contributed by atoms with Crippen LogP contribution >= 0.6 is 0 Å². The standard InChI is InChI=1S/C20H32O3/c1-2-3-4-5-6-7-8-9-10-11-12-15-18(21)17-14-13-16-19(22)20(17)23/h13-14,16,22-23H,2-12,15H2,1H3. The molecule has 0 atom stereocenters. The van der Waals surface area contributed by atoms with Crippen LogP contribution < -0.4 is 0 Å². The van der Waals surface area contributed by atoms with Gasteiger partial charge in [-0.15, -0.1) is 0 Å². The monoisotopic (exact) mass is 320 g/mol. The molecular formula is C20H32O3. The summed E-state index contributed by atoms with van der Waals surface area (Å²) in [5, 5.41) is 19.1. The Morgan fingerprint density at radius 2 is 1.35 bits per heavy atom. The highest BCUT2D eigenvalue weighted by atomic mass is 16.3. The lowest BCUT2D eigenvalue weighted by Crippen LogP contribution is -1.99. The van der Waals surface area contributed by atoms with Gasteiger partial charge in [0.25, 0.3) is 0 Å². The molecule has 1 aromatic rings. The number of rotatable bonds is 13. The van der Waals surface area contributed by atoms with Crippen molar-refractivity contribution in [1.82, 2.24) is 0 Å². The molecule has 0 aromatic heterocycles. The van der Waals surface area contributed by atoms with E-state index in [1.807, 2.05) is 0 Å². The lowest BCUT2D eigenvalue weighted by Gasteiger charge is -2.05. The first kappa shape index (κ1) is 19.5. The first-order valence-corrected chi connectivity index (χ1v) is 9.21. The van der Waals surface area contributed by atoms with Crippen molar-refractivity contribution in [2.24, 2.45) is 0 Å². The van der Waals surface area contributed by atoms with Crippen LogP contribution in [0.1, 0.15) is 94.3 Å². The van der Waals surface area contributed by atoms with Gasteiger partial charge in [-0.05, 0) is 18.6 Å². The van der Waals surface area contributed by atoms with E-state index in [4.69, 9.17) is 0 Å². The lowest BCUT2D eigenvalue weighted by molar-refractivity contribution is 0.0976. The van der Waals surface area contributed by atoms with Crippen LogP contribution in [0.5, 0.6) is 11.5 Å². The average molecular weight is 320 g/mol. The highest BCUT2D eigenvalue weighted by Crippen LogP contribution is 2.29. The molecule has 3 nitrogen and oxygen atoms in total. The van der Waals surface area contributed by atoms with Crippen LogP contribution in [0.25, 0.3) is 0 Å². The summed E-state index contributed by atoms with van der Waals surface area (Å²) in [5.74, 6) is -0.607. The number of carbonyl (C=O) groups is 1. The SMILES string of the molecule is CCCCCCCCCCCCCC(=O)c1cccc(O)c1O. The van der Waals surface area contributed by atoms with Gasteiger partial charge in [0, 0.05) is 6.42 Å². The minimum atomic E-state index is -0.291. The second-order valence-electron chi connectivity index (χ2n) is 6.38. The Morgan fingerprint density at radius 3 is 1.91 bits per heavy atom. The molecule has 0 spiro atoms. The predicted molar refractivity (Wildman–Crippen MR) is 95.2 cm³/mol. The summed E-state index contributed by atoms with van der Waals surface area (Å²) in [6.45, 7) is 2.24. The number of benzene rings is 1. The number of para-hydroxylation sites is 1. The average Bonchev–Trinajstić information content (AvgIpc) is 2.55. The van der Waals surface area contributed by atoms with E-state index in [9.17, 15) is 15.0 Å². The van der Waals surface area contributed by atoms with Gasteiger partial charge in [0.2, 0.25) is 0 Å². The van der Waals surface area contributed by atoms with Gasteiger partial charge in [0.05, 0.1) is 5.56 Å². The molecule has 0 heterocycles. The van der Waals surface area contributed by atoms with Crippen molar-refractivity contribution in [3.63, 3.8) is 0 Å². The summed E-state index contributed by atoms with van der Waals surface area (Å²) in [6.07, 6.45) is 14.2. The molecule has 1 aromatic carbocycles. The largest absolute Gasteiger partial charge is 0.504 e. The van der Waals surface area contributed by atoms with Crippen LogP contribution in [0.3, 0.4) is 0 Å². The van der Waals surface area contributed by atoms with Crippen molar-refractivity contribution in [3.05, 3.63) is 23.8 Å². The van der Waals surface area contributed by atoms with Crippen molar-refractivity contribution in [2.75, 3.05) is 0 Å². The van der Waals surface area contributed by atoms with E-state index >= 15 is 0 Å². The van der Waals surface area contributed by atoms with Crippen LogP contribution in [-0.4, -0.2) is 16.0 Å². The van der Waals surface area contributed by atoms with Gasteiger partial charge in [-0.25, -0.2) is 0 Å². The highest BCUT2D eigenvalue weighted by Gasteiger charge is 2.13. The van der Waals surface area contributed by atoms with Gasteiger partial charge >= 0.3 is 0 Å². The third-order valence-electron chi connectivity index (χ3n) is 4.32. The van der Waals surface area contributed by atoms with E-state index in [0.717, 1.165) is 12.8 Å². The number of phenolic OH excluding ortho intramolecular Hbond substituents is 2. The molecule has 0 saturated heterocycles. The fraction of sp³-hybridized carbons (Fsp3) is 0.650. The molecule has 1 rings (SSSR count). The first-order valence-electron chi connectivity index (χ1n) is 9.21. The van der Waals surface area contributed by atoms with E-state index in [1.54, 1.807) is 12.1 Å². The number of hydrogen-bond donors (Lipinski definition) is 2. The molecule has 0 amide bonds. The minimum absolute atomic E-state index is 0.0886. The van der Waals surface area contributed by atoms with E-state index < -0.39 is 0 Å². The first-order chi connectivity index (χ1) is 11.2. The minimum Gasteiger partial charge on any atom is -0.504 e. The summed E-state index contributed by atoms with van der Waals surface area (Å²) in [6, 6.07) is 4.53. The van der Waals surface area contributed by atoms with Crippen LogP contribution in [0, 0.1) is 0 Å². The molecule has 3 heteroatoms. The number of carbonyl (C=O) groups excluding carboxylic acids is 1. The maximum atomic E-state index is 12.0. The maximum Gasteiger partial charge on any atom is 0.168 e.